The van der Waals surface area contributed by atoms with Gasteiger partial charge in [-0.25, -0.2) is 4.79 Å². The third-order valence-corrected chi connectivity index (χ3v) is 2.38. The number of likely N-dealkylation sites (tertiary alicyclic amines) is 1. The minimum atomic E-state index is -0.843. The summed E-state index contributed by atoms with van der Waals surface area (Å²) < 4.78 is 0. The molecule has 1 heterocycles. The van der Waals surface area contributed by atoms with Crippen LogP contribution < -0.4 is 11.1 Å². The SMILES string of the molecule is CCCC1(O)CN(CC(=O)NC(N)=O)C1. The van der Waals surface area contributed by atoms with Crippen LogP contribution in [0.5, 0.6) is 0 Å². The smallest absolute Gasteiger partial charge is 0.318 e. The number of amides is 3. The first-order chi connectivity index (χ1) is 6.95. The highest BCUT2D eigenvalue weighted by Gasteiger charge is 2.40. The van der Waals surface area contributed by atoms with Crippen molar-refractivity contribution in [1.29, 1.82) is 0 Å². The van der Waals surface area contributed by atoms with Gasteiger partial charge in [-0.15, -0.1) is 0 Å². The van der Waals surface area contributed by atoms with Crippen molar-refractivity contribution in [2.24, 2.45) is 5.73 Å². The highest BCUT2D eigenvalue weighted by atomic mass is 16.3. The number of hydrogen-bond acceptors (Lipinski definition) is 4. The first-order valence-electron chi connectivity index (χ1n) is 4.99. The summed E-state index contributed by atoms with van der Waals surface area (Å²) in [6, 6.07) is -0.843. The van der Waals surface area contributed by atoms with Crippen molar-refractivity contribution >= 4 is 11.9 Å². The molecule has 0 aromatic heterocycles. The fourth-order valence-corrected chi connectivity index (χ4v) is 1.90. The van der Waals surface area contributed by atoms with Crippen LogP contribution in [0.4, 0.5) is 4.79 Å². The monoisotopic (exact) mass is 215 g/mol. The van der Waals surface area contributed by atoms with E-state index in [1.165, 1.54) is 0 Å². The molecule has 15 heavy (non-hydrogen) atoms. The highest BCUT2D eigenvalue weighted by molar-refractivity contribution is 5.94. The predicted octanol–water partition coefficient (Wildman–Crippen LogP) is -0.972. The first kappa shape index (κ1) is 11.9. The summed E-state index contributed by atoms with van der Waals surface area (Å²) in [6.07, 6.45) is 1.65. The standard InChI is InChI=1S/C9H17N3O3/c1-2-3-9(15)5-12(6-9)4-7(13)11-8(10)14/h15H,2-6H2,1H3,(H3,10,11,13,14). The number of β-amino-alcohol motifs (C(OH)–C–C–N with tert-alkyl or cyclic N) is 1. The van der Waals surface area contributed by atoms with E-state index in [0.717, 1.165) is 12.8 Å². The molecule has 1 fully saturated rings. The molecule has 4 N–H and O–H groups in total. The molecule has 0 unspecified atom stereocenters. The van der Waals surface area contributed by atoms with Gasteiger partial charge < -0.3 is 10.8 Å². The number of hydrogen-bond donors (Lipinski definition) is 3. The van der Waals surface area contributed by atoms with Crippen molar-refractivity contribution in [2.45, 2.75) is 25.4 Å². The van der Waals surface area contributed by atoms with Gasteiger partial charge in [0.25, 0.3) is 0 Å². The Bertz CT molecular complexity index is 261. The Morgan fingerprint density at radius 3 is 2.60 bits per heavy atom. The maximum Gasteiger partial charge on any atom is 0.318 e. The molecule has 1 rings (SSSR count). The van der Waals surface area contributed by atoms with E-state index >= 15 is 0 Å². The van der Waals surface area contributed by atoms with Crippen molar-refractivity contribution in [3.05, 3.63) is 0 Å². The molecule has 0 aromatic rings. The predicted molar refractivity (Wildman–Crippen MR) is 54.0 cm³/mol. The second-order valence-corrected chi connectivity index (χ2v) is 4.03. The number of nitrogens with two attached hydrogens (primary N) is 1. The van der Waals surface area contributed by atoms with E-state index in [4.69, 9.17) is 5.73 Å². The van der Waals surface area contributed by atoms with Crippen LogP contribution >= 0.6 is 0 Å². The summed E-state index contributed by atoms with van der Waals surface area (Å²) >= 11 is 0. The summed E-state index contributed by atoms with van der Waals surface area (Å²) in [4.78, 5) is 23.2. The third kappa shape index (κ3) is 3.49. The van der Waals surface area contributed by atoms with Gasteiger partial charge in [0.2, 0.25) is 5.91 Å². The van der Waals surface area contributed by atoms with E-state index in [-0.39, 0.29) is 6.54 Å². The Morgan fingerprint density at radius 1 is 1.53 bits per heavy atom. The van der Waals surface area contributed by atoms with E-state index in [9.17, 15) is 14.7 Å². The number of primary amides is 1. The van der Waals surface area contributed by atoms with Crippen LogP contribution in [0.2, 0.25) is 0 Å². The number of urea groups is 1. The Labute approximate surface area is 88.4 Å². The van der Waals surface area contributed by atoms with Gasteiger partial charge in [0.05, 0.1) is 12.1 Å². The molecule has 0 bridgehead atoms. The minimum absolute atomic E-state index is 0.106. The van der Waals surface area contributed by atoms with Crippen LogP contribution in [-0.2, 0) is 4.79 Å². The van der Waals surface area contributed by atoms with E-state index in [1.54, 1.807) is 4.90 Å². The number of nitrogens with zero attached hydrogens (tertiary/aromatic N) is 1. The average molecular weight is 215 g/mol. The zero-order valence-electron chi connectivity index (χ0n) is 8.82. The number of aliphatic hydroxyl groups is 1. The van der Waals surface area contributed by atoms with Gasteiger partial charge in [-0.1, -0.05) is 13.3 Å². The molecule has 0 spiro atoms. The zero-order chi connectivity index (χ0) is 11.5. The molecule has 3 amide bonds. The highest BCUT2D eigenvalue weighted by Crippen LogP contribution is 2.24. The molecule has 6 heteroatoms. The van der Waals surface area contributed by atoms with E-state index < -0.39 is 17.5 Å². The van der Waals surface area contributed by atoms with Gasteiger partial charge >= 0.3 is 6.03 Å². The number of rotatable bonds is 4. The average Bonchev–Trinajstić information content (AvgIpc) is 1.99. The molecule has 0 atom stereocenters. The third-order valence-electron chi connectivity index (χ3n) is 2.38. The Morgan fingerprint density at radius 2 is 2.13 bits per heavy atom. The normalized spacial score (nSPS) is 19.3. The fourth-order valence-electron chi connectivity index (χ4n) is 1.90. The summed E-state index contributed by atoms with van der Waals surface area (Å²) in [5.41, 5.74) is 4.14. The van der Waals surface area contributed by atoms with Gasteiger partial charge in [0, 0.05) is 13.1 Å². The van der Waals surface area contributed by atoms with Crippen LogP contribution in [0.1, 0.15) is 19.8 Å². The van der Waals surface area contributed by atoms with Crippen LogP contribution in [0.15, 0.2) is 0 Å². The first-order valence-corrected chi connectivity index (χ1v) is 4.99. The molecular weight excluding hydrogens is 198 g/mol. The van der Waals surface area contributed by atoms with Crippen LogP contribution in [-0.4, -0.2) is 47.2 Å². The molecule has 0 saturated carbocycles. The Hall–Kier alpha value is -1.14. The van der Waals surface area contributed by atoms with Gasteiger partial charge in [-0.2, -0.15) is 0 Å². The van der Waals surface area contributed by atoms with Gasteiger partial charge in [-0.3, -0.25) is 15.0 Å². The molecule has 1 aliphatic heterocycles. The quantitative estimate of drug-likeness (QED) is 0.562. The van der Waals surface area contributed by atoms with E-state index in [1.807, 2.05) is 12.2 Å². The van der Waals surface area contributed by atoms with Gasteiger partial charge in [0.1, 0.15) is 0 Å². The molecular formula is C9H17N3O3. The van der Waals surface area contributed by atoms with Crippen LogP contribution in [0.3, 0.4) is 0 Å². The van der Waals surface area contributed by atoms with E-state index in [0.29, 0.717) is 13.1 Å². The molecule has 0 radical (unpaired) electrons. The summed E-state index contributed by atoms with van der Waals surface area (Å²) in [7, 11) is 0. The second kappa shape index (κ2) is 4.59. The van der Waals surface area contributed by atoms with Crippen molar-refractivity contribution in [3.8, 4) is 0 Å². The number of imide groups is 1. The summed E-state index contributed by atoms with van der Waals surface area (Å²) in [6.45, 7) is 3.06. The van der Waals surface area contributed by atoms with Crippen LogP contribution in [0.25, 0.3) is 0 Å². The minimum Gasteiger partial charge on any atom is -0.387 e. The lowest BCUT2D eigenvalue weighted by atomic mass is 9.89. The molecule has 0 aromatic carbocycles. The zero-order valence-corrected chi connectivity index (χ0v) is 8.82. The maximum atomic E-state index is 11.1. The summed E-state index contributed by atoms with van der Waals surface area (Å²) in [5, 5.41) is 11.8. The maximum absolute atomic E-state index is 11.1. The molecule has 1 aliphatic rings. The van der Waals surface area contributed by atoms with Crippen LogP contribution in [0, 0.1) is 0 Å². The van der Waals surface area contributed by atoms with Crippen molar-refractivity contribution < 1.29 is 14.7 Å². The Kier molecular flexibility index (Phi) is 3.65. The van der Waals surface area contributed by atoms with Gasteiger partial charge in [-0.05, 0) is 6.42 Å². The second-order valence-electron chi connectivity index (χ2n) is 4.03. The molecule has 0 aliphatic carbocycles. The summed E-state index contributed by atoms with van der Waals surface area (Å²) in [5.74, 6) is -0.430. The lowest BCUT2D eigenvalue weighted by Crippen LogP contribution is -2.63. The molecule has 86 valence electrons. The molecule has 6 nitrogen and oxygen atoms in total. The van der Waals surface area contributed by atoms with Gasteiger partial charge in [0.15, 0.2) is 0 Å². The number of carbonyl (C=O) groups excluding carboxylic acids is 2. The lowest BCUT2D eigenvalue weighted by Gasteiger charge is -2.46. The number of carbonyl (C=O) groups is 2. The van der Waals surface area contributed by atoms with Crippen molar-refractivity contribution in [3.63, 3.8) is 0 Å². The van der Waals surface area contributed by atoms with Crippen molar-refractivity contribution in [2.75, 3.05) is 19.6 Å². The number of nitrogens with one attached hydrogen (secondary N) is 1. The Balaban J connectivity index is 2.22. The topological polar surface area (TPSA) is 95.7 Å². The molecule has 1 saturated heterocycles. The van der Waals surface area contributed by atoms with E-state index in [2.05, 4.69) is 0 Å². The largest absolute Gasteiger partial charge is 0.387 e. The lowest BCUT2D eigenvalue weighted by molar-refractivity contribution is -0.132. The fraction of sp³-hybridized carbons (Fsp3) is 0.778. The van der Waals surface area contributed by atoms with Crippen molar-refractivity contribution in [1.82, 2.24) is 10.2 Å².